The van der Waals surface area contributed by atoms with Gasteiger partial charge in [-0.3, -0.25) is 24.5 Å². The maximum Gasteiger partial charge on any atom is 0.352 e. The summed E-state index contributed by atoms with van der Waals surface area (Å²) in [7, 11) is 2.73. The number of nitrogens with one attached hydrogen (secondary N) is 2. The minimum absolute atomic E-state index is 0.0496. The first-order valence-corrected chi connectivity index (χ1v) is 16.4. The maximum atomic E-state index is 12.6. The molecule has 0 aliphatic carbocycles. The minimum atomic E-state index is -1.31. The highest BCUT2D eigenvalue weighted by atomic mass is 35.5. The Kier molecular flexibility index (Phi) is 14.4. The highest BCUT2D eigenvalue weighted by Gasteiger charge is 2.34. The Morgan fingerprint density at radius 1 is 0.902 bits per heavy atom. The average Bonchev–Trinajstić information content (AvgIpc) is 2.94. The van der Waals surface area contributed by atoms with Crippen molar-refractivity contribution in [2.24, 2.45) is 0 Å². The van der Waals surface area contributed by atoms with Crippen LogP contribution in [0.2, 0.25) is 10.3 Å². The lowest BCUT2D eigenvalue weighted by atomic mass is 9.96. The van der Waals surface area contributed by atoms with Crippen LogP contribution in [0.1, 0.15) is 80.7 Å². The lowest BCUT2D eigenvalue weighted by Crippen LogP contribution is -2.39. The fourth-order valence-electron chi connectivity index (χ4n) is 4.45. The second kappa shape index (κ2) is 17.2. The third kappa shape index (κ3) is 14.0. The lowest BCUT2D eigenvalue weighted by molar-refractivity contribution is -0.385. The highest BCUT2D eigenvalue weighted by molar-refractivity contribution is 6.30. The molecule has 2 aromatic rings. The van der Waals surface area contributed by atoms with E-state index in [4.69, 9.17) is 46.9 Å². The zero-order valence-electron chi connectivity index (χ0n) is 30.5. The van der Waals surface area contributed by atoms with E-state index in [2.05, 4.69) is 20.6 Å². The number of rotatable bonds is 10. The van der Waals surface area contributed by atoms with Crippen molar-refractivity contribution >= 4 is 64.2 Å². The first-order chi connectivity index (χ1) is 23.3. The number of halogens is 2. The molecule has 2 atom stereocenters. The molecule has 3 rings (SSSR count). The van der Waals surface area contributed by atoms with Crippen molar-refractivity contribution in [3.63, 3.8) is 0 Å². The molecule has 1 aliphatic heterocycles. The number of carbonyl (C=O) groups excluding carboxylic acids is 4. The van der Waals surface area contributed by atoms with Crippen LogP contribution in [0.4, 0.5) is 17.3 Å². The summed E-state index contributed by atoms with van der Waals surface area (Å²) >= 11 is 11.8. The Hall–Kier alpha value is -4.44. The molecule has 2 N–H and O–H groups in total. The van der Waals surface area contributed by atoms with Crippen LogP contribution in [-0.2, 0) is 39.8 Å². The average molecular weight is 759 g/mol. The number of ketones is 1. The summed E-state index contributed by atoms with van der Waals surface area (Å²) in [5, 5.41) is 17.2. The minimum Gasteiger partial charge on any atom is -0.496 e. The van der Waals surface area contributed by atoms with Gasteiger partial charge < -0.3 is 34.3 Å². The van der Waals surface area contributed by atoms with E-state index in [1.54, 1.807) is 68.4 Å². The van der Waals surface area contributed by atoms with Gasteiger partial charge in [-0.25, -0.2) is 14.8 Å². The number of esters is 3. The zero-order valence-corrected chi connectivity index (χ0v) is 32.0. The molecule has 0 fully saturated rings. The molecule has 2 aromatic heterocycles. The number of nitrogens with zero attached hydrogens (tertiary/aromatic N) is 3. The number of aromatic nitrogens is 2. The molecule has 0 radical (unpaired) electrons. The molecule has 18 heteroatoms. The van der Waals surface area contributed by atoms with E-state index in [9.17, 15) is 29.3 Å². The third-order valence-corrected chi connectivity index (χ3v) is 6.62. The van der Waals surface area contributed by atoms with E-state index in [0.717, 1.165) is 0 Å². The van der Waals surface area contributed by atoms with Crippen LogP contribution in [0, 0.1) is 10.1 Å². The summed E-state index contributed by atoms with van der Waals surface area (Å²) in [6.07, 6.45) is -0.352. The second-order valence-corrected chi connectivity index (χ2v) is 15.0. The van der Waals surface area contributed by atoms with Gasteiger partial charge in [0.15, 0.2) is 5.78 Å². The van der Waals surface area contributed by atoms with Crippen LogP contribution in [0.3, 0.4) is 0 Å². The van der Waals surface area contributed by atoms with Gasteiger partial charge in [0.1, 0.15) is 44.7 Å². The largest absolute Gasteiger partial charge is 0.496 e. The second-order valence-electron chi connectivity index (χ2n) is 14.2. The topological polar surface area (TPSA) is 207 Å². The quantitative estimate of drug-likeness (QED) is 0.0953. The monoisotopic (exact) mass is 757 g/mol. The number of carbonyl (C=O) groups is 4. The maximum absolute atomic E-state index is 12.6. The Morgan fingerprint density at radius 3 is 1.92 bits per heavy atom. The normalized spacial score (nSPS) is 14.8. The van der Waals surface area contributed by atoms with Crippen LogP contribution in [-0.4, -0.2) is 81.7 Å². The number of ether oxygens (including phenoxy) is 5. The Labute approximate surface area is 306 Å². The van der Waals surface area contributed by atoms with Gasteiger partial charge in [0.05, 0.1) is 38.0 Å². The fraction of sp³-hybridized carbons (Fsp3) is 0.576. The Morgan fingerprint density at radius 2 is 1.41 bits per heavy atom. The van der Waals surface area contributed by atoms with Crippen molar-refractivity contribution in [2.75, 3.05) is 24.9 Å². The van der Waals surface area contributed by atoms with Gasteiger partial charge in [-0.1, -0.05) is 23.2 Å². The standard InChI is InChI=1S/C18H26ClN3O7.C15H19ClN2O4/c1-17(2,3)28-13(23)8-10(16(24)29-18(4,5)6)20-15-14(22(25)26)11(27-7)9-12(19)21-15;1-15(2,3)22-13(20)6-9-10(19)5-8-11(21-4)7-12(16)18-14(8)17-9/h9-10H,8H2,1-7H3,(H,20,21);7,9H,5-6H2,1-4H3,(H,17,18)/t10-;9-/m00/s1. The Balaban J connectivity index is 0.000000366. The number of Topliss-reactive ketones (excluding diaryl/α,β-unsaturated/α-hetero) is 1. The van der Waals surface area contributed by atoms with E-state index < -0.39 is 63.8 Å². The van der Waals surface area contributed by atoms with E-state index in [-0.39, 0.29) is 40.5 Å². The predicted molar refractivity (Wildman–Crippen MR) is 189 cm³/mol. The van der Waals surface area contributed by atoms with Crippen LogP contribution < -0.4 is 20.1 Å². The van der Waals surface area contributed by atoms with Crippen molar-refractivity contribution in [3.05, 3.63) is 38.1 Å². The van der Waals surface area contributed by atoms with E-state index in [0.29, 0.717) is 17.1 Å². The van der Waals surface area contributed by atoms with Crippen molar-refractivity contribution in [2.45, 2.75) is 110 Å². The van der Waals surface area contributed by atoms with E-state index in [1.165, 1.54) is 20.3 Å². The summed E-state index contributed by atoms with van der Waals surface area (Å²) in [5.41, 5.74) is -2.10. The van der Waals surface area contributed by atoms with Gasteiger partial charge in [-0.05, 0) is 62.3 Å². The number of nitro groups is 1. The highest BCUT2D eigenvalue weighted by Crippen LogP contribution is 2.36. The van der Waals surface area contributed by atoms with Gasteiger partial charge in [0, 0.05) is 24.1 Å². The molecule has 0 bridgehead atoms. The van der Waals surface area contributed by atoms with Crippen molar-refractivity contribution in [1.29, 1.82) is 0 Å². The number of hydrogen-bond acceptors (Lipinski definition) is 15. The third-order valence-electron chi connectivity index (χ3n) is 6.24. The predicted octanol–water partition coefficient (Wildman–Crippen LogP) is 5.89. The molecule has 0 saturated heterocycles. The van der Waals surface area contributed by atoms with Gasteiger partial charge in [0.25, 0.3) is 0 Å². The summed E-state index contributed by atoms with van der Waals surface area (Å²) in [6, 6.07) is 0.751. The molecule has 0 amide bonds. The number of anilines is 2. The molecule has 51 heavy (non-hydrogen) atoms. The van der Waals surface area contributed by atoms with E-state index in [1.807, 2.05) is 0 Å². The number of hydrogen-bond donors (Lipinski definition) is 2. The fourth-order valence-corrected chi connectivity index (χ4v) is 4.81. The van der Waals surface area contributed by atoms with Crippen LogP contribution >= 0.6 is 23.2 Å². The van der Waals surface area contributed by atoms with Gasteiger partial charge >= 0.3 is 23.6 Å². The molecule has 0 unspecified atom stereocenters. The summed E-state index contributed by atoms with van der Waals surface area (Å²) < 4.78 is 26.0. The number of methoxy groups -OCH3 is 2. The molecule has 16 nitrogen and oxygen atoms in total. The Bertz CT molecular complexity index is 1630. The smallest absolute Gasteiger partial charge is 0.352 e. The molecular weight excluding hydrogens is 713 g/mol. The summed E-state index contributed by atoms with van der Waals surface area (Å²) in [5.74, 6) is -1.56. The molecule has 0 spiro atoms. The first-order valence-electron chi connectivity index (χ1n) is 15.7. The van der Waals surface area contributed by atoms with Crippen molar-refractivity contribution < 1.29 is 47.8 Å². The molecule has 1 aliphatic rings. The molecular formula is C33H45Cl2N5O11. The van der Waals surface area contributed by atoms with Gasteiger partial charge in [-0.15, -0.1) is 0 Å². The SMILES string of the molecule is COc1cc(Cl)nc(N[C@@H](CC(=O)OC(C)(C)C)C(=O)OC(C)(C)C)c1[N+](=O)[O-].COc1cc(Cl)nc2c1CC(=O)[C@H](CC(=O)OC(C)(C)C)N2. The molecule has 282 valence electrons. The molecule has 3 heterocycles. The van der Waals surface area contributed by atoms with Crippen LogP contribution in [0.5, 0.6) is 11.5 Å². The number of fused-ring (bicyclic) bond motifs is 1. The van der Waals surface area contributed by atoms with Gasteiger partial charge in [0.2, 0.25) is 11.6 Å². The van der Waals surface area contributed by atoms with Gasteiger partial charge in [-0.2, -0.15) is 0 Å². The van der Waals surface area contributed by atoms with E-state index >= 15 is 0 Å². The molecule has 0 saturated carbocycles. The summed E-state index contributed by atoms with van der Waals surface area (Å²) in [6.45, 7) is 15.3. The molecule has 0 aromatic carbocycles. The first kappa shape index (κ1) is 42.7. The number of pyridine rings is 2. The van der Waals surface area contributed by atoms with Crippen molar-refractivity contribution in [3.8, 4) is 11.5 Å². The van der Waals surface area contributed by atoms with Crippen LogP contribution in [0.25, 0.3) is 0 Å². The van der Waals surface area contributed by atoms with Crippen LogP contribution in [0.15, 0.2) is 12.1 Å². The zero-order chi connectivity index (χ0) is 39.1. The summed E-state index contributed by atoms with van der Waals surface area (Å²) in [4.78, 5) is 67.8. The lowest BCUT2D eigenvalue weighted by Gasteiger charge is -2.27. The van der Waals surface area contributed by atoms with Crippen molar-refractivity contribution in [1.82, 2.24) is 9.97 Å².